The first kappa shape index (κ1) is 24.9. The van der Waals surface area contributed by atoms with E-state index in [1.807, 2.05) is 48.5 Å². The Morgan fingerprint density at radius 1 is 0.564 bits per heavy atom. The van der Waals surface area contributed by atoms with E-state index < -0.39 is 0 Å². The Morgan fingerprint density at radius 2 is 0.923 bits per heavy atom. The molecule has 0 aliphatic rings. The second-order valence-electron chi connectivity index (χ2n) is 8.93. The van der Waals surface area contributed by atoms with Crippen molar-refractivity contribution >= 4 is 33.8 Å². The Kier molecular flexibility index (Phi) is 6.61. The molecule has 0 aliphatic heterocycles. The second kappa shape index (κ2) is 10.4. The first-order chi connectivity index (χ1) is 19.0. The summed E-state index contributed by atoms with van der Waals surface area (Å²) in [5, 5.41) is 59.9. The topological polar surface area (TPSA) is 142 Å². The molecule has 0 radical (unpaired) electrons. The molecule has 0 fully saturated rings. The van der Waals surface area contributed by atoms with Crippen LogP contribution in [0.5, 0.6) is 11.5 Å². The lowest BCUT2D eigenvalue weighted by Gasteiger charge is -2.15. The highest BCUT2D eigenvalue weighted by atomic mass is 32.2. The fourth-order valence-electron chi connectivity index (χ4n) is 4.36. The van der Waals surface area contributed by atoms with Gasteiger partial charge in [-0.1, -0.05) is 36.0 Å². The average molecular weight is 541 g/mol. The van der Waals surface area contributed by atoms with Gasteiger partial charge in [0.2, 0.25) is 0 Å². The van der Waals surface area contributed by atoms with Gasteiger partial charge in [0, 0.05) is 13.2 Å². The summed E-state index contributed by atoms with van der Waals surface area (Å²) >= 11 is 1.15. The van der Waals surface area contributed by atoms with E-state index in [0.29, 0.717) is 56.1 Å². The summed E-state index contributed by atoms with van der Waals surface area (Å²) in [5.74, 6) is -0.142. The maximum Gasteiger partial charge on any atom is 0.157 e. The minimum absolute atomic E-state index is 0.0709. The largest absolute Gasteiger partial charge is 0.504 e. The fourth-order valence-corrected chi connectivity index (χ4v) is 5.42. The summed E-state index contributed by atoms with van der Waals surface area (Å²) in [6.07, 6.45) is 0.709. The quantitative estimate of drug-likeness (QED) is 0.227. The van der Waals surface area contributed by atoms with Crippen LogP contribution in [0.25, 0.3) is 33.4 Å². The van der Waals surface area contributed by atoms with Gasteiger partial charge in [0.15, 0.2) is 11.5 Å². The molecule has 0 aliphatic carbocycles. The minimum atomic E-state index is -0.0806. The van der Waals surface area contributed by atoms with Crippen LogP contribution in [0.4, 0.5) is 0 Å². The minimum Gasteiger partial charge on any atom is -0.504 e. The zero-order valence-corrected chi connectivity index (χ0v) is 21.5. The first-order valence-corrected chi connectivity index (χ1v) is 13.1. The SMILES string of the molecule is OCCc1cc(Sc2cc(CCO)cc(-n3nc4ccccc4n3)c2O)c(O)c(-n2nc3ccccc3n2)c1. The van der Waals surface area contributed by atoms with Crippen LogP contribution in [0.3, 0.4) is 0 Å². The number of benzene rings is 4. The molecule has 11 heteroatoms. The zero-order valence-electron chi connectivity index (χ0n) is 20.6. The van der Waals surface area contributed by atoms with Gasteiger partial charge in [-0.3, -0.25) is 0 Å². The Bertz CT molecular complexity index is 1620. The summed E-state index contributed by atoms with van der Waals surface area (Å²) in [6, 6.07) is 21.8. The molecule has 0 saturated heterocycles. The smallest absolute Gasteiger partial charge is 0.157 e. The standard InChI is InChI=1S/C28H24N6O4S/c35-11-9-17-13-23(33-29-19-5-1-2-6-20(19)30-33)27(37)25(15-17)39-26-16-18(10-12-36)14-24(28(26)38)34-31-21-7-3-4-8-22(21)32-34/h1-8,13-16,35-38H,9-12H2. The molecular formula is C28H24N6O4S. The number of phenols is 2. The molecule has 0 unspecified atom stereocenters. The van der Waals surface area contributed by atoms with Gasteiger partial charge in [-0.05, 0) is 72.5 Å². The van der Waals surface area contributed by atoms with E-state index in [-0.39, 0.29) is 24.7 Å². The number of nitrogens with zero attached hydrogens (tertiary/aromatic N) is 6. The van der Waals surface area contributed by atoms with Crippen molar-refractivity contribution in [2.45, 2.75) is 22.6 Å². The molecule has 196 valence electrons. The molecule has 6 rings (SSSR count). The van der Waals surface area contributed by atoms with Gasteiger partial charge < -0.3 is 20.4 Å². The van der Waals surface area contributed by atoms with Gasteiger partial charge >= 0.3 is 0 Å². The number of aromatic hydroxyl groups is 2. The number of rotatable bonds is 8. The molecule has 0 amide bonds. The van der Waals surface area contributed by atoms with Crippen molar-refractivity contribution in [1.82, 2.24) is 30.0 Å². The number of phenolic OH excluding ortho intramolecular Hbond substituents is 2. The van der Waals surface area contributed by atoms with Gasteiger partial charge in [0.25, 0.3) is 0 Å². The molecule has 10 nitrogen and oxygen atoms in total. The molecule has 2 aromatic heterocycles. The average Bonchev–Trinajstić information content (AvgIpc) is 3.56. The van der Waals surface area contributed by atoms with Crippen molar-refractivity contribution in [1.29, 1.82) is 0 Å². The number of hydrogen-bond acceptors (Lipinski definition) is 9. The number of fused-ring (bicyclic) bond motifs is 2. The third-order valence-electron chi connectivity index (χ3n) is 6.25. The molecule has 4 N–H and O–H groups in total. The van der Waals surface area contributed by atoms with E-state index >= 15 is 0 Å². The van der Waals surface area contributed by atoms with Crippen molar-refractivity contribution in [2.24, 2.45) is 0 Å². The van der Waals surface area contributed by atoms with Crippen molar-refractivity contribution in [3.05, 3.63) is 83.9 Å². The van der Waals surface area contributed by atoms with Crippen LogP contribution in [-0.4, -0.2) is 63.6 Å². The van der Waals surface area contributed by atoms with E-state index in [9.17, 15) is 20.4 Å². The van der Waals surface area contributed by atoms with Gasteiger partial charge in [-0.25, -0.2) is 0 Å². The zero-order chi connectivity index (χ0) is 26.9. The van der Waals surface area contributed by atoms with Crippen LogP contribution < -0.4 is 0 Å². The molecule has 0 bridgehead atoms. The lowest BCUT2D eigenvalue weighted by Crippen LogP contribution is -2.03. The highest BCUT2D eigenvalue weighted by molar-refractivity contribution is 7.99. The summed E-state index contributed by atoms with van der Waals surface area (Å²) in [5.41, 5.74) is 4.94. The first-order valence-electron chi connectivity index (χ1n) is 12.3. The van der Waals surface area contributed by atoms with Crippen molar-refractivity contribution in [3.8, 4) is 22.9 Å². The Balaban J connectivity index is 1.47. The van der Waals surface area contributed by atoms with Crippen LogP contribution >= 0.6 is 11.8 Å². The van der Waals surface area contributed by atoms with Gasteiger partial charge in [0.05, 0.1) is 9.79 Å². The Labute approximate surface area is 226 Å². The number of aromatic nitrogens is 6. The molecule has 0 spiro atoms. The van der Waals surface area contributed by atoms with Crippen LogP contribution in [0.15, 0.2) is 82.6 Å². The predicted molar refractivity (Wildman–Crippen MR) is 147 cm³/mol. The Morgan fingerprint density at radius 3 is 1.26 bits per heavy atom. The van der Waals surface area contributed by atoms with E-state index in [0.717, 1.165) is 22.9 Å². The lowest BCUT2D eigenvalue weighted by atomic mass is 10.1. The summed E-state index contributed by atoms with van der Waals surface area (Å²) < 4.78 is 0. The molecule has 0 atom stereocenters. The van der Waals surface area contributed by atoms with Gasteiger partial charge in [-0.2, -0.15) is 0 Å². The van der Waals surface area contributed by atoms with E-state index in [2.05, 4.69) is 20.4 Å². The van der Waals surface area contributed by atoms with Crippen LogP contribution in [0.1, 0.15) is 11.1 Å². The van der Waals surface area contributed by atoms with Gasteiger partial charge in [-0.15, -0.1) is 30.0 Å². The number of aliphatic hydroxyl groups is 2. The third-order valence-corrected chi connectivity index (χ3v) is 7.32. The number of hydrogen-bond donors (Lipinski definition) is 4. The lowest BCUT2D eigenvalue weighted by molar-refractivity contribution is 0.299. The van der Waals surface area contributed by atoms with Crippen LogP contribution in [0, 0.1) is 0 Å². The van der Waals surface area contributed by atoms with E-state index in [1.165, 1.54) is 9.59 Å². The summed E-state index contributed by atoms with van der Waals surface area (Å²) in [7, 11) is 0. The fraction of sp³-hybridized carbons (Fsp3) is 0.143. The highest BCUT2D eigenvalue weighted by Crippen LogP contribution is 2.44. The van der Waals surface area contributed by atoms with Crippen molar-refractivity contribution < 1.29 is 20.4 Å². The van der Waals surface area contributed by atoms with Crippen LogP contribution in [0.2, 0.25) is 0 Å². The molecule has 6 aromatic rings. The molecular weight excluding hydrogens is 516 g/mol. The molecule has 4 aromatic carbocycles. The highest BCUT2D eigenvalue weighted by Gasteiger charge is 2.20. The molecule has 39 heavy (non-hydrogen) atoms. The van der Waals surface area contributed by atoms with Crippen molar-refractivity contribution in [2.75, 3.05) is 13.2 Å². The summed E-state index contributed by atoms with van der Waals surface area (Å²) in [4.78, 5) is 3.63. The third kappa shape index (κ3) is 4.78. The number of aliphatic hydroxyl groups excluding tert-OH is 2. The van der Waals surface area contributed by atoms with E-state index in [1.54, 1.807) is 24.3 Å². The maximum atomic E-state index is 11.3. The normalized spacial score (nSPS) is 11.5. The second-order valence-corrected chi connectivity index (χ2v) is 10.0. The maximum absolute atomic E-state index is 11.3. The Hall–Kier alpha value is -4.45. The van der Waals surface area contributed by atoms with E-state index in [4.69, 9.17) is 0 Å². The van der Waals surface area contributed by atoms with Crippen LogP contribution in [-0.2, 0) is 12.8 Å². The molecule has 0 saturated carbocycles. The van der Waals surface area contributed by atoms with Gasteiger partial charge in [0.1, 0.15) is 33.4 Å². The van der Waals surface area contributed by atoms with Crippen molar-refractivity contribution in [3.63, 3.8) is 0 Å². The summed E-state index contributed by atoms with van der Waals surface area (Å²) in [6.45, 7) is -0.161. The monoisotopic (exact) mass is 540 g/mol. The predicted octanol–water partition coefficient (Wildman–Crippen LogP) is 3.79. The molecule has 2 heterocycles.